The molecule has 0 bridgehead atoms. The van der Waals surface area contributed by atoms with Crippen LogP contribution in [0.2, 0.25) is 0 Å². The van der Waals surface area contributed by atoms with Gasteiger partial charge in [-0.25, -0.2) is 4.79 Å². The van der Waals surface area contributed by atoms with Crippen molar-refractivity contribution in [3.63, 3.8) is 0 Å². The zero-order valence-corrected chi connectivity index (χ0v) is 17.0. The van der Waals surface area contributed by atoms with Crippen LogP contribution in [0.15, 0.2) is 56.7 Å². The number of allylic oxidation sites excluding steroid dienone is 1. The zero-order valence-electron chi connectivity index (χ0n) is 14.6. The maximum Gasteiger partial charge on any atom is 0.335 e. The Morgan fingerprint density at radius 3 is 2.62 bits per heavy atom. The summed E-state index contributed by atoms with van der Waals surface area (Å²) in [5, 5.41) is 19.9. The third kappa shape index (κ3) is 3.45. The molecule has 1 aliphatic heterocycles. The van der Waals surface area contributed by atoms with Crippen LogP contribution in [-0.2, 0) is 0 Å². The van der Waals surface area contributed by atoms with Crippen LogP contribution in [0.3, 0.4) is 0 Å². The number of aromatic amines is 1. The van der Waals surface area contributed by atoms with E-state index in [0.717, 1.165) is 15.7 Å². The lowest BCUT2D eigenvalue weighted by atomic mass is 10.1. The molecule has 3 N–H and O–H groups in total. The largest absolute Gasteiger partial charge is 0.494 e. The number of hydrogen-bond acceptors (Lipinski definition) is 5. The lowest BCUT2D eigenvalue weighted by Gasteiger charge is -2.12. The molecular weight excluding hydrogens is 458 g/mol. The lowest BCUT2D eigenvalue weighted by molar-refractivity contribution is 0.0697. The Morgan fingerprint density at radius 2 is 1.93 bits per heavy atom. The summed E-state index contributed by atoms with van der Waals surface area (Å²) >= 11 is 8.61. The van der Waals surface area contributed by atoms with Crippen LogP contribution >= 0.6 is 28.1 Å². The summed E-state index contributed by atoms with van der Waals surface area (Å²) in [6.45, 7) is 0. The fraction of sp³-hybridized carbons (Fsp3) is 0. The molecule has 0 amide bonds. The van der Waals surface area contributed by atoms with Crippen molar-refractivity contribution in [2.24, 2.45) is 4.99 Å². The van der Waals surface area contributed by atoms with Gasteiger partial charge in [0.1, 0.15) is 5.56 Å². The summed E-state index contributed by atoms with van der Waals surface area (Å²) < 4.78 is 2.11. The number of aromatic carboxylic acids is 1. The highest BCUT2D eigenvalue weighted by Crippen LogP contribution is 2.35. The smallest absolute Gasteiger partial charge is 0.335 e. The highest BCUT2D eigenvalue weighted by atomic mass is 79.9. The number of aromatic hydroxyl groups is 1. The molecule has 0 saturated carbocycles. The SMILES string of the molecule is O=C(O)c1ccc(-n2c(O)c(/C=C3/C=Nc4ccc(Br)cc43)c(=O)[nH]c2=S)cc1. The van der Waals surface area contributed by atoms with Gasteiger partial charge < -0.3 is 10.2 Å². The Labute approximate surface area is 177 Å². The summed E-state index contributed by atoms with van der Waals surface area (Å²) in [5.41, 5.74) is 2.20. The Balaban J connectivity index is 1.87. The highest BCUT2D eigenvalue weighted by Gasteiger charge is 2.17. The fourth-order valence-electron chi connectivity index (χ4n) is 2.99. The van der Waals surface area contributed by atoms with Crippen molar-refractivity contribution in [2.75, 3.05) is 0 Å². The second-order valence-electron chi connectivity index (χ2n) is 6.20. The van der Waals surface area contributed by atoms with E-state index in [9.17, 15) is 14.7 Å². The van der Waals surface area contributed by atoms with Gasteiger partial charge in [0.25, 0.3) is 5.56 Å². The van der Waals surface area contributed by atoms with Crippen LogP contribution in [0.1, 0.15) is 21.5 Å². The van der Waals surface area contributed by atoms with Crippen LogP contribution in [0.5, 0.6) is 5.88 Å². The number of carboxylic acids is 1. The summed E-state index contributed by atoms with van der Waals surface area (Å²) in [6.07, 6.45) is 3.15. The molecule has 0 radical (unpaired) electrons. The van der Waals surface area contributed by atoms with Gasteiger partial charge in [-0.2, -0.15) is 0 Å². The molecule has 0 aliphatic carbocycles. The van der Waals surface area contributed by atoms with E-state index < -0.39 is 11.5 Å². The molecule has 1 aliphatic rings. The van der Waals surface area contributed by atoms with E-state index in [1.165, 1.54) is 34.9 Å². The van der Waals surface area contributed by atoms with Gasteiger partial charge in [0.05, 0.1) is 16.9 Å². The van der Waals surface area contributed by atoms with Crippen LogP contribution in [-0.4, -0.2) is 31.9 Å². The average Bonchev–Trinajstić information content (AvgIpc) is 3.07. The van der Waals surface area contributed by atoms with Crippen LogP contribution in [0.25, 0.3) is 17.3 Å². The lowest BCUT2D eigenvalue weighted by Crippen LogP contribution is -2.16. The Morgan fingerprint density at radius 1 is 1.21 bits per heavy atom. The van der Waals surface area contributed by atoms with Crippen molar-refractivity contribution in [3.05, 3.63) is 78.8 Å². The average molecular weight is 470 g/mol. The number of carboxylic acid groups (broad SMARTS) is 1. The summed E-state index contributed by atoms with van der Waals surface area (Å²) in [4.78, 5) is 30.4. The Kier molecular flexibility index (Phi) is 4.77. The number of nitrogens with zero attached hydrogens (tertiary/aromatic N) is 2. The summed E-state index contributed by atoms with van der Waals surface area (Å²) in [6, 6.07) is 11.4. The molecule has 1 aromatic heterocycles. The van der Waals surface area contributed by atoms with Crippen LogP contribution in [0, 0.1) is 4.77 Å². The minimum absolute atomic E-state index is 0.00943. The fourth-order valence-corrected chi connectivity index (χ4v) is 3.64. The van der Waals surface area contributed by atoms with Gasteiger partial charge in [-0.15, -0.1) is 0 Å². The van der Waals surface area contributed by atoms with Gasteiger partial charge in [-0.05, 0) is 60.8 Å². The van der Waals surface area contributed by atoms with Crippen molar-refractivity contribution in [1.82, 2.24) is 9.55 Å². The van der Waals surface area contributed by atoms with Crippen molar-refractivity contribution < 1.29 is 15.0 Å². The van der Waals surface area contributed by atoms with Crippen LogP contribution in [0.4, 0.5) is 5.69 Å². The summed E-state index contributed by atoms with van der Waals surface area (Å²) in [5.74, 6) is -1.42. The molecule has 9 heteroatoms. The number of halogens is 1. The first kappa shape index (κ1) is 19.0. The van der Waals surface area contributed by atoms with Gasteiger partial charge >= 0.3 is 5.97 Å². The first-order valence-electron chi connectivity index (χ1n) is 8.33. The molecule has 2 aromatic carbocycles. The van der Waals surface area contributed by atoms with Crippen LogP contribution < -0.4 is 5.56 Å². The predicted octanol–water partition coefficient (Wildman–Crippen LogP) is 4.32. The Hall–Kier alpha value is -3.30. The number of hydrogen-bond donors (Lipinski definition) is 3. The number of rotatable bonds is 3. The molecule has 144 valence electrons. The van der Waals surface area contributed by atoms with E-state index in [4.69, 9.17) is 17.3 Å². The molecule has 0 spiro atoms. The molecule has 0 saturated heterocycles. The number of aromatic nitrogens is 2. The normalized spacial score (nSPS) is 13.6. The van der Waals surface area contributed by atoms with Crippen molar-refractivity contribution in [2.45, 2.75) is 0 Å². The highest BCUT2D eigenvalue weighted by molar-refractivity contribution is 9.10. The van der Waals surface area contributed by atoms with Gasteiger partial charge in [-0.3, -0.25) is 19.3 Å². The molecular formula is C20H12BrN3O4S. The monoisotopic (exact) mass is 469 g/mol. The Bertz CT molecular complexity index is 1340. The number of aliphatic imine (C=N–C) groups is 1. The molecule has 0 atom stereocenters. The third-order valence-electron chi connectivity index (χ3n) is 4.41. The summed E-state index contributed by atoms with van der Waals surface area (Å²) in [7, 11) is 0. The molecule has 29 heavy (non-hydrogen) atoms. The van der Waals surface area contributed by atoms with Gasteiger partial charge in [0, 0.05) is 21.8 Å². The van der Waals surface area contributed by atoms with Crippen molar-refractivity contribution in [3.8, 4) is 11.6 Å². The standard InChI is InChI=1S/C20H12BrN3O4S/c21-12-3-6-16-14(8-12)11(9-22-16)7-15-17(25)23-20(29)24(18(15)26)13-4-1-10(2-5-13)19(27)28/h1-9,26H,(H,27,28)(H,23,25,29)/b11-7-. The van der Waals surface area contributed by atoms with Gasteiger partial charge in [0.15, 0.2) is 4.77 Å². The van der Waals surface area contributed by atoms with E-state index in [-0.39, 0.29) is 21.8 Å². The predicted molar refractivity (Wildman–Crippen MR) is 116 cm³/mol. The third-order valence-corrected chi connectivity index (χ3v) is 5.18. The quantitative estimate of drug-likeness (QED) is 0.495. The van der Waals surface area contributed by atoms with E-state index >= 15 is 0 Å². The van der Waals surface area contributed by atoms with Gasteiger partial charge in [-0.1, -0.05) is 15.9 Å². The number of carbonyl (C=O) groups is 1. The second-order valence-corrected chi connectivity index (χ2v) is 7.51. The van der Waals surface area contributed by atoms with Crippen molar-refractivity contribution in [1.29, 1.82) is 0 Å². The minimum atomic E-state index is -1.07. The molecule has 0 fully saturated rings. The first-order chi connectivity index (χ1) is 13.8. The number of nitrogens with one attached hydrogen (secondary N) is 1. The zero-order chi connectivity index (χ0) is 20.7. The van der Waals surface area contributed by atoms with E-state index in [2.05, 4.69) is 25.9 Å². The van der Waals surface area contributed by atoms with Gasteiger partial charge in [0.2, 0.25) is 5.88 Å². The molecule has 7 nitrogen and oxygen atoms in total. The molecule has 3 aromatic rings. The molecule has 0 unspecified atom stereocenters. The molecule has 2 heterocycles. The van der Waals surface area contributed by atoms with Crippen molar-refractivity contribution >= 4 is 57.7 Å². The topological polar surface area (TPSA) is 108 Å². The number of H-pyrrole nitrogens is 1. The molecule has 4 rings (SSSR count). The number of fused-ring (bicyclic) bond motifs is 1. The maximum atomic E-state index is 12.5. The maximum absolute atomic E-state index is 12.5. The number of benzene rings is 2. The van der Waals surface area contributed by atoms with E-state index in [0.29, 0.717) is 11.3 Å². The first-order valence-corrected chi connectivity index (χ1v) is 9.53. The van der Waals surface area contributed by atoms with E-state index in [1.54, 1.807) is 6.21 Å². The van der Waals surface area contributed by atoms with E-state index in [1.807, 2.05) is 18.2 Å². The minimum Gasteiger partial charge on any atom is -0.494 e. The second kappa shape index (κ2) is 7.26.